The summed E-state index contributed by atoms with van der Waals surface area (Å²) in [5, 5.41) is 12.8. The van der Waals surface area contributed by atoms with E-state index in [9.17, 15) is 9.90 Å². The Kier molecular flexibility index (Phi) is 7.89. The fourth-order valence-corrected chi connectivity index (χ4v) is 5.80. The van der Waals surface area contributed by atoms with Crippen LogP contribution < -0.4 is 10.1 Å². The van der Waals surface area contributed by atoms with Crippen molar-refractivity contribution in [1.29, 1.82) is 0 Å². The van der Waals surface area contributed by atoms with E-state index < -0.39 is 0 Å². The van der Waals surface area contributed by atoms with Crippen molar-refractivity contribution in [2.75, 3.05) is 0 Å². The Hall–Kier alpha value is -0.300. The van der Waals surface area contributed by atoms with Gasteiger partial charge in [0, 0.05) is 6.04 Å². The van der Waals surface area contributed by atoms with Crippen LogP contribution in [0, 0.1) is 10.7 Å². The molecule has 0 bridgehead atoms. The van der Waals surface area contributed by atoms with Crippen LogP contribution in [0.5, 0.6) is 17.2 Å². The molecule has 1 saturated carbocycles. The second kappa shape index (κ2) is 9.95. The lowest BCUT2D eigenvalue weighted by Crippen LogP contribution is -2.37. The van der Waals surface area contributed by atoms with E-state index in [0.29, 0.717) is 18.2 Å². The highest BCUT2D eigenvalue weighted by atomic mass is 127. The minimum absolute atomic E-state index is 0.0928. The highest BCUT2D eigenvalue weighted by Crippen LogP contribution is 2.34. The Morgan fingerprint density at radius 3 is 2.33 bits per heavy atom. The molecular formula is C20H20I3NO3. The molecular weight excluding hydrogens is 683 g/mol. The zero-order valence-electron chi connectivity index (χ0n) is 14.6. The van der Waals surface area contributed by atoms with Crippen molar-refractivity contribution in [2.24, 2.45) is 0 Å². The molecule has 0 saturated heterocycles. The molecule has 0 aromatic heterocycles. The molecule has 0 radical (unpaired) electrons. The summed E-state index contributed by atoms with van der Waals surface area (Å²) in [6.07, 6.45) is 6.29. The van der Waals surface area contributed by atoms with Crippen LogP contribution in [0.25, 0.3) is 0 Å². The van der Waals surface area contributed by atoms with Gasteiger partial charge >= 0.3 is 0 Å². The van der Waals surface area contributed by atoms with Gasteiger partial charge in [0.25, 0.3) is 0 Å². The summed E-state index contributed by atoms with van der Waals surface area (Å²) in [5.74, 6) is 1.78. The second-order valence-electron chi connectivity index (χ2n) is 6.68. The van der Waals surface area contributed by atoms with Gasteiger partial charge in [-0.2, -0.15) is 0 Å². The summed E-state index contributed by atoms with van der Waals surface area (Å²) < 4.78 is 8.69. The Morgan fingerprint density at radius 2 is 1.70 bits per heavy atom. The highest BCUT2D eigenvalue weighted by molar-refractivity contribution is 14.1. The molecule has 1 aliphatic carbocycles. The lowest BCUT2D eigenvalue weighted by Gasteiger charge is -2.22. The number of benzene rings is 2. The Bertz CT molecular complexity index is 812. The number of phenolic OH excluding ortho intramolecular Hbond substituents is 1. The minimum atomic E-state index is 0.0928. The molecule has 2 aromatic rings. The van der Waals surface area contributed by atoms with E-state index >= 15 is 0 Å². The first-order valence-electron chi connectivity index (χ1n) is 8.86. The predicted molar refractivity (Wildman–Crippen MR) is 131 cm³/mol. The molecule has 144 valence electrons. The third kappa shape index (κ3) is 6.09. The molecule has 0 aliphatic heterocycles. The third-order valence-corrected chi connectivity index (χ3v) is 7.00. The third-order valence-electron chi connectivity index (χ3n) is 4.53. The summed E-state index contributed by atoms with van der Waals surface area (Å²) in [6, 6.07) is 9.51. The van der Waals surface area contributed by atoms with Crippen molar-refractivity contribution in [1.82, 2.24) is 5.32 Å². The molecule has 7 heteroatoms. The van der Waals surface area contributed by atoms with Crippen LogP contribution in [-0.4, -0.2) is 17.1 Å². The molecule has 27 heavy (non-hydrogen) atoms. The Labute approximate surface area is 200 Å². The van der Waals surface area contributed by atoms with E-state index in [1.54, 1.807) is 18.2 Å². The summed E-state index contributed by atoms with van der Waals surface area (Å²) in [6.45, 7) is 0. The molecule has 0 atom stereocenters. The van der Waals surface area contributed by atoms with E-state index in [2.05, 4.69) is 73.1 Å². The van der Waals surface area contributed by atoms with Crippen molar-refractivity contribution in [3.8, 4) is 17.2 Å². The van der Waals surface area contributed by atoms with Gasteiger partial charge in [-0.15, -0.1) is 0 Å². The van der Waals surface area contributed by atoms with Crippen LogP contribution in [0.3, 0.4) is 0 Å². The molecule has 1 fully saturated rings. The number of nitrogens with one attached hydrogen (secondary N) is 1. The maximum atomic E-state index is 12.4. The normalized spacial score (nSPS) is 14.8. The lowest BCUT2D eigenvalue weighted by molar-refractivity contribution is -0.121. The second-order valence-corrected chi connectivity index (χ2v) is 10.2. The quantitative estimate of drug-likeness (QED) is 0.377. The molecule has 1 aliphatic rings. The summed E-state index contributed by atoms with van der Waals surface area (Å²) in [5.41, 5.74) is 0.991. The van der Waals surface area contributed by atoms with Gasteiger partial charge in [0.2, 0.25) is 5.91 Å². The summed E-state index contributed by atoms with van der Waals surface area (Å²) >= 11 is 6.56. The van der Waals surface area contributed by atoms with Crippen molar-refractivity contribution in [3.63, 3.8) is 0 Å². The van der Waals surface area contributed by atoms with Gasteiger partial charge in [-0.1, -0.05) is 19.3 Å². The first-order chi connectivity index (χ1) is 12.9. The average molecular weight is 703 g/mol. The zero-order valence-corrected chi connectivity index (χ0v) is 21.1. The topological polar surface area (TPSA) is 58.6 Å². The number of phenols is 1. The number of ether oxygens (including phenoxy) is 1. The van der Waals surface area contributed by atoms with Crippen molar-refractivity contribution in [2.45, 2.75) is 44.6 Å². The summed E-state index contributed by atoms with van der Waals surface area (Å²) in [7, 11) is 0. The van der Waals surface area contributed by atoms with Crippen LogP contribution in [0.15, 0.2) is 30.3 Å². The number of carbonyl (C=O) groups is 1. The SMILES string of the molecule is O=C(Cc1cc(I)c(Oc2ccc(O)c(I)c2)c(I)c1)NC1CCCCC1. The average Bonchev–Trinajstić information content (AvgIpc) is 2.62. The number of carbonyl (C=O) groups excluding carboxylic acids is 1. The van der Waals surface area contributed by atoms with Gasteiger partial charge in [0.05, 0.1) is 17.1 Å². The fraction of sp³-hybridized carbons (Fsp3) is 0.350. The van der Waals surface area contributed by atoms with E-state index in [-0.39, 0.29) is 11.7 Å². The molecule has 3 rings (SSSR count). The fourth-order valence-electron chi connectivity index (χ4n) is 3.19. The lowest BCUT2D eigenvalue weighted by atomic mass is 9.95. The largest absolute Gasteiger partial charge is 0.507 e. The van der Waals surface area contributed by atoms with Gasteiger partial charge in [0.1, 0.15) is 11.5 Å². The monoisotopic (exact) mass is 703 g/mol. The van der Waals surface area contributed by atoms with Gasteiger partial charge in [-0.3, -0.25) is 4.79 Å². The number of hydrogen-bond acceptors (Lipinski definition) is 3. The van der Waals surface area contributed by atoms with E-state index in [1.165, 1.54) is 19.3 Å². The first kappa shape index (κ1) is 21.4. The van der Waals surface area contributed by atoms with Crippen molar-refractivity contribution < 1.29 is 14.6 Å². The number of aromatic hydroxyl groups is 1. The molecule has 4 nitrogen and oxygen atoms in total. The van der Waals surface area contributed by atoms with Crippen LogP contribution in [-0.2, 0) is 11.2 Å². The first-order valence-corrected chi connectivity index (χ1v) is 12.1. The molecule has 0 spiro atoms. The maximum Gasteiger partial charge on any atom is 0.224 e. The van der Waals surface area contributed by atoms with Crippen LogP contribution in [0.1, 0.15) is 37.7 Å². The number of amides is 1. The van der Waals surface area contributed by atoms with Crippen LogP contribution >= 0.6 is 67.8 Å². The van der Waals surface area contributed by atoms with E-state index in [1.807, 2.05) is 12.1 Å². The molecule has 0 unspecified atom stereocenters. The smallest absolute Gasteiger partial charge is 0.224 e. The van der Waals surface area contributed by atoms with Crippen LogP contribution in [0.2, 0.25) is 0 Å². The van der Waals surface area contributed by atoms with E-state index in [4.69, 9.17) is 4.74 Å². The summed E-state index contributed by atoms with van der Waals surface area (Å²) in [4.78, 5) is 12.4. The standard InChI is InChI=1S/C20H20I3NO3/c21-15-11-14(6-7-18(15)25)27-20-16(22)8-12(9-17(20)23)10-19(26)24-13-4-2-1-3-5-13/h6-9,11,13,25H,1-5,10H2,(H,24,26). The Balaban J connectivity index is 1.68. The molecule has 2 aromatic carbocycles. The van der Waals surface area contributed by atoms with Crippen LogP contribution in [0.4, 0.5) is 0 Å². The maximum absolute atomic E-state index is 12.4. The van der Waals surface area contributed by atoms with E-state index in [0.717, 1.165) is 34.9 Å². The Morgan fingerprint density at radius 1 is 1.04 bits per heavy atom. The highest BCUT2D eigenvalue weighted by Gasteiger charge is 2.17. The zero-order chi connectivity index (χ0) is 19.4. The molecule has 2 N–H and O–H groups in total. The van der Waals surface area contributed by atoms with Crippen molar-refractivity contribution >= 4 is 73.7 Å². The molecule has 1 amide bonds. The predicted octanol–water partition coefficient (Wildman–Crippen LogP) is 5.99. The minimum Gasteiger partial charge on any atom is -0.507 e. The van der Waals surface area contributed by atoms with Gasteiger partial charge < -0.3 is 15.2 Å². The number of halogens is 3. The number of hydrogen-bond donors (Lipinski definition) is 2. The van der Waals surface area contributed by atoms with Gasteiger partial charge in [-0.05, 0) is 117 Å². The van der Waals surface area contributed by atoms with Gasteiger partial charge in [0.15, 0.2) is 5.75 Å². The molecule has 0 heterocycles. The number of rotatable bonds is 5. The van der Waals surface area contributed by atoms with Gasteiger partial charge in [-0.25, -0.2) is 0 Å². The van der Waals surface area contributed by atoms with Crippen molar-refractivity contribution in [3.05, 3.63) is 46.6 Å².